The maximum absolute atomic E-state index is 11.8. The Kier molecular flexibility index (Phi) is 5.89. The number of aromatic amines is 1. The summed E-state index contributed by atoms with van der Waals surface area (Å²) >= 11 is 0. The smallest absolute Gasteiger partial charge is 0.210 e. The van der Waals surface area contributed by atoms with E-state index in [1.54, 1.807) is 7.11 Å². The standard InChI is InChI=1S/C25H30N2O2/c1-3-4-7-19-14-22-18(15-25(19)29-2)12-13-27(17-28)24(22)11-10-20-16-26-23-9-6-5-8-21(20)23/h5-6,8-9,14-17,24,26H,3-4,7,10-13H2,1-2H3. The summed E-state index contributed by atoms with van der Waals surface area (Å²) in [6.45, 7) is 2.98. The molecule has 1 aromatic heterocycles. The third kappa shape index (κ3) is 3.89. The highest BCUT2D eigenvalue weighted by molar-refractivity contribution is 5.83. The molecule has 1 aliphatic heterocycles. The molecule has 0 saturated carbocycles. The number of para-hydroxylation sites is 1. The SMILES string of the molecule is CCCCc1cc2c(cc1OC)CCN(C=O)C2CCc1c[nH]c2ccccc12. The number of nitrogens with one attached hydrogen (secondary N) is 1. The second-order valence-corrected chi connectivity index (χ2v) is 7.97. The number of H-pyrrole nitrogens is 1. The zero-order chi connectivity index (χ0) is 20.2. The zero-order valence-electron chi connectivity index (χ0n) is 17.4. The molecule has 152 valence electrons. The minimum atomic E-state index is 0.121. The summed E-state index contributed by atoms with van der Waals surface area (Å²) in [4.78, 5) is 17.2. The molecule has 0 fully saturated rings. The number of nitrogens with zero attached hydrogens (tertiary/aromatic N) is 1. The molecule has 4 rings (SSSR count). The van der Waals surface area contributed by atoms with E-state index in [2.05, 4.69) is 54.5 Å². The van der Waals surface area contributed by atoms with Crippen molar-refractivity contribution in [2.75, 3.05) is 13.7 Å². The van der Waals surface area contributed by atoms with E-state index < -0.39 is 0 Å². The molecule has 1 amide bonds. The van der Waals surface area contributed by atoms with Gasteiger partial charge in [0.15, 0.2) is 0 Å². The number of unbranched alkanes of at least 4 members (excludes halogenated alkanes) is 1. The molecular formula is C25H30N2O2. The third-order valence-corrected chi connectivity index (χ3v) is 6.24. The molecule has 1 N–H and O–H groups in total. The van der Waals surface area contributed by atoms with Crippen molar-refractivity contribution in [3.05, 3.63) is 64.8 Å². The van der Waals surface area contributed by atoms with E-state index in [-0.39, 0.29) is 6.04 Å². The van der Waals surface area contributed by atoms with E-state index in [1.165, 1.54) is 33.2 Å². The highest BCUT2D eigenvalue weighted by Crippen LogP contribution is 2.37. The van der Waals surface area contributed by atoms with Crippen molar-refractivity contribution in [3.8, 4) is 5.75 Å². The Balaban J connectivity index is 1.64. The Hall–Kier alpha value is -2.75. The number of aromatic nitrogens is 1. The summed E-state index contributed by atoms with van der Waals surface area (Å²) in [5.74, 6) is 0.993. The molecule has 0 bridgehead atoms. The molecule has 1 aliphatic rings. The summed E-state index contributed by atoms with van der Waals surface area (Å²) in [6.07, 6.45) is 9.21. The van der Waals surface area contributed by atoms with Crippen LogP contribution in [0.25, 0.3) is 10.9 Å². The van der Waals surface area contributed by atoms with Gasteiger partial charge in [0.1, 0.15) is 5.75 Å². The summed E-state index contributed by atoms with van der Waals surface area (Å²) < 4.78 is 5.68. The van der Waals surface area contributed by atoms with Crippen LogP contribution in [0.2, 0.25) is 0 Å². The quantitative estimate of drug-likeness (QED) is 0.537. The molecule has 0 radical (unpaired) electrons. The van der Waals surface area contributed by atoms with Crippen LogP contribution in [0.4, 0.5) is 0 Å². The Morgan fingerprint density at radius 2 is 2.07 bits per heavy atom. The van der Waals surface area contributed by atoms with Crippen molar-refractivity contribution in [1.29, 1.82) is 0 Å². The van der Waals surface area contributed by atoms with Crippen LogP contribution in [0.1, 0.15) is 54.5 Å². The van der Waals surface area contributed by atoms with Gasteiger partial charge in [0.05, 0.1) is 13.2 Å². The monoisotopic (exact) mass is 390 g/mol. The molecule has 29 heavy (non-hydrogen) atoms. The van der Waals surface area contributed by atoms with Crippen LogP contribution >= 0.6 is 0 Å². The van der Waals surface area contributed by atoms with Crippen molar-refractivity contribution >= 4 is 17.3 Å². The fourth-order valence-corrected chi connectivity index (χ4v) is 4.63. The van der Waals surface area contributed by atoms with E-state index in [9.17, 15) is 4.79 Å². The first-order chi connectivity index (χ1) is 14.2. The molecule has 3 aromatic rings. The molecule has 0 spiro atoms. The Morgan fingerprint density at radius 3 is 2.86 bits per heavy atom. The van der Waals surface area contributed by atoms with Crippen LogP contribution in [0, 0.1) is 0 Å². The van der Waals surface area contributed by atoms with Crippen LogP contribution in [0.3, 0.4) is 0 Å². The number of hydrogen-bond acceptors (Lipinski definition) is 2. The van der Waals surface area contributed by atoms with Gasteiger partial charge in [0, 0.05) is 23.6 Å². The molecule has 1 unspecified atom stereocenters. The van der Waals surface area contributed by atoms with Gasteiger partial charge in [-0.2, -0.15) is 0 Å². The summed E-state index contributed by atoms with van der Waals surface area (Å²) in [5, 5.41) is 1.28. The van der Waals surface area contributed by atoms with Gasteiger partial charge in [-0.15, -0.1) is 0 Å². The van der Waals surface area contributed by atoms with Crippen LogP contribution in [0.5, 0.6) is 5.75 Å². The first-order valence-corrected chi connectivity index (χ1v) is 10.7. The van der Waals surface area contributed by atoms with Crippen LogP contribution in [-0.2, 0) is 24.1 Å². The molecule has 0 aliphatic carbocycles. The van der Waals surface area contributed by atoms with E-state index in [0.29, 0.717) is 0 Å². The van der Waals surface area contributed by atoms with Crippen molar-refractivity contribution in [2.24, 2.45) is 0 Å². The number of hydrogen-bond donors (Lipinski definition) is 1. The molecule has 1 atom stereocenters. The predicted molar refractivity (Wildman–Crippen MR) is 117 cm³/mol. The maximum atomic E-state index is 11.8. The molecule has 2 heterocycles. The topological polar surface area (TPSA) is 45.3 Å². The highest BCUT2D eigenvalue weighted by atomic mass is 16.5. The van der Waals surface area contributed by atoms with Gasteiger partial charge in [0.2, 0.25) is 6.41 Å². The van der Waals surface area contributed by atoms with Crippen molar-refractivity contribution in [1.82, 2.24) is 9.88 Å². The first kappa shape index (κ1) is 19.6. The fourth-order valence-electron chi connectivity index (χ4n) is 4.63. The number of benzene rings is 2. The summed E-state index contributed by atoms with van der Waals surface area (Å²) in [6, 6.07) is 13.1. The Bertz CT molecular complexity index is 992. The average molecular weight is 391 g/mol. The summed E-state index contributed by atoms with van der Waals surface area (Å²) in [5.41, 5.74) is 6.38. The highest BCUT2D eigenvalue weighted by Gasteiger charge is 2.28. The molecule has 4 heteroatoms. The number of aryl methyl sites for hydroxylation is 2. The van der Waals surface area contributed by atoms with Gasteiger partial charge in [0.25, 0.3) is 0 Å². The van der Waals surface area contributed by atoms with Crippen molar-refractivity contribution in [3.63, 3.8) is 0 Å². The van der Waals surface area contributed by atoms with E-state index in [4.69, 9.17) is 4.74 Å². The van der Waals surface area contributed by atoms with Gasteiger partial charge >= 0.3 is 0 Å². The van der Waals surface area contributed by atoms with Gasteiger partial charge < -0.3 is 14.6 Å². The van der Waals surface area contributed by atoms with E-state index in [1.807, 2.05) is 4.90 Å². The number of amides is 1. The second kappa shape index (κ2) is 8.73. The normalized spacial score (nSPS) is 16.1. The van der Waals surface area contributed by atoms with Crippen LogP contribution in [0.15, 0.2) is 42.6 Å². The Labute approximate surface area is 172 Å². The number of rotatable bonds is 8. The lowest BCUT2D eigenvalue weighted by Crippen LogP contribution is -2.34. The predicted octanol–water partition coefficient (Wildman–Crippen LogP) is 5.21. The van der Waals surface area contributed by atoms with Gasteiger partial charge in [-0.3, -0.25) is 4.79 Å². The number of methoxy groups -OCH3 is 1. The molecule has 4 nitrogen and oxygen atoms in total. The fraction of sp³-hybridized carbons (Fsp3) is 0.400. The van der Waals surface area contributed by atoms with Gasteiger partial charge in [-0.25, -0.2) is 0 Å². The van der Waals surface area contributed by atoms with Gasteiger partial charge in [-0.05, 0) is 72.6 Å². The maximum Gasteiger partial charge on any atom is 0.210 e. The number of carbonyl (C=O) groups excluding carboxylic acids is 1. The summed E-state index contributed by atoms with van der Waals surface area (Å²) in [7, 11) is 1.76. The molecular weight excluding hydrogens is 360 g/mol. The molecule has 0 saturated heterocycles. The minimum Gasteiger partial charge on any atom is -0.496 e. The number of fused-ring (bicyclic) bond motifs is 2. The number of ether oxygens (including phenoxy) is 1. The Morgan fingerprint density at radius 1 is 1.21 bits per heavy atom. The first-order valence-electron chi connectivity index (χ1n) is 10.7. The average Bonchev–Trinajstić information content (AvgIpc) is 3.18. The second-order valence-electron chi connectivity index (χ2n) is 7.97. The lowest BCUT2D eigenvalue weighted by molar-refractivity contribution is -0.120. The van der Waals surface area contributed by atoms with Gasteiger partial charge in [-0.1, -0.05) is 31.5 Å². The van der Waals surface area contributed by atoms with Crippen LogP contribution in [-0.4, -0.2) is 29.9 Å². The lowest BCUT2D eigenvalue weighted by Gasteiger charge is -2.35. The van der Waals surface area contributed by atoms with E-state index >= 15 is 0 Å². The molecule has 2 aromatic carbocycles. The zero-order valence-corrected chi connectivity index (χ0v) is 17.4. The van der Waals surface area contributed by atoms with Crippen molar-refractivity contribution in [2.45, 2.75) is 51.5 Å². The largest absolute Gasteiger partial charge is 0.496 e. The minimum absolute atomic E-state index is 0.121. The van der Waals surface area contributed by atoms with Crippen molar-refractivity contribution < 1.29 is 9.53 Å². The lowest BCUT2D eigenvalue weighted by atomic mass is 9.87. The van der Waals surface area contributed by atoms with Crippen LogP contribution < -0.4 is 4.74 Å². The number of carbonyl (C=O) groups is 1. The third-order valence-electron chi connectivity index (χ3n) is 6.24. The van der Waals surface area contributed by atoms with E-state index in [0.717, 1.165) is 57.2 Å².